The molecule has 0 aliphatic carbocycles. The van der Waals surface area contributed by atoms with Crippen molar-refractivity contribution in [1.29, 1.82) is 0 Å². The summed E-state index contributed by atoms with van der Waals surface area (Å²) in [6, 6.07) is 7.65. The monoisotopic (exact) mass is 814 g/mol. The van der Waals surface area contributed by atoms with E-state index < -0.39 is 17.2 Å². The van der Waals surface area contributed by atoms with Crippen LogP contribution in [0.15, 0.2) is 24.3 Å². The van der Waals surface area contributed by atoms with Gasteiger partial charge in [-0.3, -0.25) is 0 Å². The third-order valence-electron chi connectivity index (χ3n) is 11.9. The number of esters is 1. The number of aryl methyl sites for hydroxylation is 2. The number of carboxylic acids is 1. The number of carbonyl (C=O) groups excluding carboxylic acids is 1. The maximum Gasteiger partial charge on any atom is 1.00 e. The van der Waals surface area contributed by atoms with Crippen LogP contribution in [0, 0.1) is 39.5 Å². The van der Waals surface area contributed by atoms with Gasteiger partial charge in [-0.1, -0.05) is 13.8 Å². The minimum absolute atomic E-state index is 0. The molecule has 0 saturated carbocycles. The van der Waals surface area contributed by atoms with Crippen molar-refractivity contribution in [1.82, 2.24) is 29.0 Å². The third kappa shape index (κ3) is 11.5. The second-order valence-electron chi connectivity index (χ2n) is 17.8. The molecule has 0 spiro atoms. The number of aromatic nitrogens is 4. The normalized spacial score (nSPS) is 17.3. The summed E-state index contributed by atoms with van der Waals surface area (Å²) < 4.78 is 9.15. The SMILES string of the molecule is CCOC(=O)c1c(C)c(C(C)C2CCN(CC(C)(C)O)CC2)n2nc(C)ccc12.Cc1ccc2c(C(=O)O)c(C)c(C(C)C3CCN(CC(C)(C)O)CC3)n2n1.[Na+].[OH-]. The standard InChI is InChI=1S/C23H35N3O3.C21H31N3O3.Na.H2O/c1-7-29-22(27)20-17(4)21(26-19(20)9-8-15(2)24-26)16(3)18-10-12-25(13-11-18)14-23(5,6)28;1-13-6-7-17-18(20(25)26)15(3)19(24(17)22-13)14(2)16-8-10-23(11-9-16)12-21(4,5)27;;/h8-9,16,18,28H,7,10-14H2,1-6H3;6-7,14,16,27H,8-12H2,1-5H3,(H,25,26);;1H2/q;;+1;/p-1. The van der Waals surface area contributed by atoms with Gasteiger partial charge in [0.15, 0.2) is 0 Å². The fraction of sp³-hybridized carbons (Fsp3) is 0.636. The molecule has 316 valence electrons. The van der Waals surface area contributed by atoms with Gasteiger partial charge in [0.1, 0.15) is 0 Å². The predicted octanol–water partition coefficient (Wildman–Crippen LogP) is 3.78. The molecule has 4 aromatic rings. The van der Waals surface area contributed by atoms with Crippen molar-refractivity contribution in [2.75, 3.05) is 45.9 Å². The molecule has 14 heteroatoms. The number of hydrogen-bond acceptors (Lipinski definition) is 10. The average molecular weight is 815 g/mol. The van der Waals surface area contributed by atoms with Crippen LogP contribution in [0.4, 0.5) is 0 Å². The molecule has 6 heterocycles. The number of rotatable bonds is 11. The molecule has 2 aliphatic rings. The summed E-state index contributed by atoms with van der Waals surface area (Å²) in [7, 11) is 0. The minimum Gasteiger partial charge on any atom is -0.870 e. The van der Waals surface area contributed by atoms with Gasteiger partial charge in [0.2, 0.25) is 0 Å². The fourth-order valence-corrected chi connectivity index (χ4v) is 9.30. The molecule has 2 atom stereocenters. The summed E-state index contributed by atoms with van der Waals surface area (Å²) >= 11 is 0. The summed E-state index contributed by atoms with van der Waals surface area (Å²) in [5.74, 6) is 0.333. The molecule has 6 rings (SSSR count). The molecule has 4 aromatic heterocycles. The zero-order valence-corrected chi connectivity index (χ0v) is 39.1. The Balaban J connectivity index is 0.000000301. The molecule has 0 bridgehead atoms. The first kappa shape index (κ1) is 49.5. The van der Waals surface area contributed by atoms with Crippen molar-refractivity contribution in [3.05, 3.63) is 69.3 Å². The molecular formula is C44H67N6NaO7. The molecule has 2 unspecified atom stereocenters. The van der Waals surface area contributed by atoms with Crippen LogP contribution in [0.2, 0.25) is 0 Å². The van der Waals surface area contributed by atoms with Crippen LogP contribution in [0.1, 0.15) is 141 Å². The smallest absolute Gasteiger partial charge is 0.870 e. The van der Waals surface area contributed by atoms with Gasteiger partial charge >= 0.3 is 41.5 Å². The van der Waals surface area contributed by atoms with Crippen molar-refractivity contribution in [2.45, 2.75) is 125 Å². The first-order valence-electron chi connectivity index (χ1n) is 20.5. The predicted molar refractivity (Wildman–Crippen MR) is 222 cm³/mol. The summed E-state index contributed by atoms with van der Waals surface area (Å²) in [6.07, 6.45) is 4.23. The number of piperidine rings is 2. The van der Waals surface area contributed by atoms with Crippen molar-refractivity contribution in [2.24, 2.45) is 11.8 Å². The van der Waals surface area contributed by atoms with E-state index in [0.29, 0.717) is 48.2 Å². The topological polar surface area (TPSA) is 175 Å². The first-order chi connectivity index (χ1) is 26.2. The van der Waals surface area contributed by atoms with Crippen LogP contribution in [0.3, 0.4) is 0 Å². The Kier molecular flexibility index (Phi) is 17.2. The molecular weight excluding hydrogens is 748 g/mol. The van der Waals surface area contributed by atoms with Gasteiger partial charge in [-0.2, -0.15) is 10.2 Å². The molecule has 2 fully saturated rings. The van der Waals surface area contributed by atoms with Crippen molar-refractivity contribution < 1.29 is 64.7 Å². The van der Waals surface area contributed by atoms with E-state index in [2.05, 4.69) is 28.7 Å². The number of likely N-dealkylation sites (tertiary alicyclic amines) is 2. The van der Waals surface area contributed by atoms with E-state index in [0.717, 1.165) is 91.3 Å². The van der Waals surface area contributed by atoms with E-state index in [-0.39, 0.29) is 52.8 Å². The Bertz CT molecular complexity index is 2010. The maximum atomic E-state index is 12.7. The van der Waals surface area contributed by atoms with Gasteiger partial charge < -0.3 is 35.3 Å². The van der Waals surface area contributed by atoms with Crippen LogP contribution in [0.5, 0.6) is 0 Å². The minimum atomic E-state index is -0.894. The van der Waals surface area contributed by atoms with E-state index in [1.807, 2.05) is 95.6 Å². The van der Waals surface area contributed by atoms with Gasteiger partial charge in [-0.05, 0) is 161 Å². The van der Waals surface area contributed by atoms with Gasteiger partial charge in [-0.15, -0.1) is 0 Å². The van der Waals surface area contributed by atoms with Crippen LogP contribution < -0.4 is 29.6 Å². The van der Waals surface area contributed by atoms with Crippen LogP contribution in [-0.2, 0) is 4.74 Å². The second kappa shape index (κ2) is 20.1. The number of hydrogen-bond donors (Lipinski definition) is 3. The Morgan fingerprint density at radius 1 is 0.724 bits per heavy atom. The number of nitrogens with zero attached hydrogens (tertiary/aromatic N) is 6. The van der Waals surface area contributed by atoms with Crippen LogP contribution >= 0.6 is 0 Å². The van der Waals surface area contributed by atoms with E-state index in [1.165, 1.54) is 0 Å². The summed E-state index contributed by atoms with van der Waals surface area (Å²) in [6.45, 7) is 27.2. The van der Waals surface area contributed by atoms with Gasteiger partial charge in [0, 0.05) is 36.3 Å². The second-order valence-corrected chi connectivity index (χ2v) is 17.8. The molecule has 13 nitrogen and oxygen atoms in total. The van der Waals surface area contributed by atoms with Crippen molar-refractivity contribution in [3.8, 4) is 0 Å². The Morgan fingerprint density at radius 3 is 1.43 bits per heavy atom. The number of carbonyl (C=O) groups is 2. The summed E-state index contributed by atoms with van der Waals surface area (Å²) in [4.78, 5) is 29.2. The van der Waals surface area contributed by atoms with Crippen molar-refractivity contribution >= 4 is 23.0 Å². The maximum absolute atomic E-state index is 12.7. The fourth-order valence-electron chi connectivity index (χ4n) is 9.30. The first-order valence-corrected chi connectivity index (χ1v) is 20.5. The molecule has 2 saturated heterocycles. The number of fused-ring (bicyclic) bond motifs is 2. The number of aliphatic hydroxyl groups is 2. The number of aromatic carboxylic acids is 1. The number of ether oxygens (including phenoxy) is 1. The summed E-state index contributed by atoms with van der Waals surface area (Å²) in [5, 5.41) is 39.2. The number of β-amino-alcohol motifs (C(OH)–C–C–N with tert-alkyl or cyclic N) is 2. The van der Waals surface area contributed by atoms with E-state index in [4.69, 9.17) is 9.84 Å². The number of carboxylic acid groups (broad SMARTS) is 1. The van der Waals surface area contributed by atoms with Gasteiger partial charge in [0.05, 0.1) is 51.4 Å². The quantitative estimate of drug-likeness (QED) is 0.149. The van der Waals surface area contributed by atoms with Crippen molar-refractivity contribution in [3.63, 3.8) is 0 Å². The van der Waals surface area contributed by atoms with Crippen LogP contribution in [0.25, 0.3) is 11.0 Å². The third-order valence-corrected chi connectivity index (χ3v) is 11.9. The zero-order valence-electron chi connectivity index (χ0n) is 37.1. The summed E-state index contributed by atoms with van der Waals surface area (Å²) in [5.41, 5.74) is 6.91. The van der Waals surface area contributed by atoms with E-state index in [1.54, 1.807) is 0 Å². The van der Waals surface area contributed by atoms with E-state index >= 15 is 0 Å². The molecule has 0 amide bonds. The Labute approximate surface area is 366 Å². The average Bonchev–Trinajstić information content (AvgIpc) is 3.56. The largest absolute Gasteiger partial charge is 1.00 e. The Morgan fingerprint density at radius 2 is 1.09 bits per heavy atom. The molecule has 0 radical (unpaired) electrons. The zero-order chi connectivity index (χ0) is 41.3. The van der Waals surface area contributed by atoms with Gasteiger partial charge in [0.25, 0.3) is 0 Å². The Hall–Kier alpha value is -2.88. The van der Waals surface area contributed by atoms with Gasteiger partial charge in [-0.25, -0.2) is 18.6 Å². The molecule has 58 heavy (non-hydrogen) atoms. The molecule has 4 N–H and O–H groups in total. The molecule has 0 aromatic carbocycles. The van der Waals surface area contributed by atoms with Crippen LogP contribution in [-0.4, -0.2) is 119 Å². The van der Waals surface area contributed by atoms with E-state index in [9.17, 15) is 24.9 Å². The molecule has 2 aliphatic heterocycles.